The largest absolute Gasteiger partial charge is 0.496 e. The minimum absolute atomic E-state index is 0.386. The Bertz CT molecular complexity index is 829. The van der Waals surface area contributed by atoms with Crippen LogP contribution in [0.5, 0.6) is 5.75 Å². The number of hydrazine groups is 1. The second-order valence-electron chi connectivity index (χ2n) is 5.97. The van der Waals surface area contributed by atoms with Gasteiger partial charge >= 0.3 is 0 Å². The van der Waals surface area contributed by atoms with Gasteiger partial charge in [-0.1, -0.05) is 17.7 Å². The summed E-state index contributed by atoms with van der Waals surface area (Å²) in [4.78, 5) is 26.0. The summed E-state index contributed by atoms with van der Waals surface area (Å²) in [5, 5.41) is 0. The van der Waals surface area contributed by atoms with Crippen molar-refractivity contribution in [1.29, 1.82) is 0 Å². The molecule has 0 aliphatic rings. The molecule has 0 saturated heterocycles. The maximum Gasteiger partial charge on any atom is 0.269 e. The first-order valence-corrected chi connectivity index (χ1v) is 8.11. The van der Waals surface area contributed by atoms with Gasteiger partial charge in [0.1, 0.15) is 5.75 Å². The summed E-state index contributed by atoms with van der Waals surface area (Å²) in [6.45, 7) is 1.96. The van der Waals surface area contributed by atoms with Gasteiger partial charge in [0.15, 0.2) is 0 Å². The molecule has 0 radical (unpaired) electrons. The third-order valence-electron chi connectivity index (χ3n) is 3.72. The number of carbonyl (C=O) groups is 2. The number of benzene rings is 2. The number of rotatable bonds is 5. The van der Waals surface area contributed by atoms with Gasteiger partial charge in [0.05, 0.1) is 7.11 Å². The molecule has 6 nitrogen and oxygen atoms in total. The van der Waals surface area contributed by atoms with Crippen molar-refractivity contribution in [3.63, 3.8) is 0 Å². The molecule has 0 fully saturated rings. The predicted octanol–water partition coefficient (Wildman–Crippen LogP) is 2.54. The standard InChI is InChI=1S/C20H23N3O3/c1-14-8-10-18(26-4)15(12-14)9-11-19(24)21-22-20(25)16-6-5-7-17(13-16)23(2)3/h5-13H,1-4H3,(H,21,24)(H,22,25)/b11-9+. The Hall–Kier alpha value is -3.28. The van der Waals surface area contributed by atoms with Gasteiger partial charge in [-0.25, -0.2) is 0 Å². The number of aryl methyl sites for hydroxylation is 1. The maximum absolute atomic E-state index is 12.2. The first-order chi connectivity index (χ1) is 12.4. The predicted molar refractivity (Wildman–Crippen MR) is 103 cm³/mol. The SMILES string of the molecule is COc1ccc(C)cc1/C=C/C(=O)NNC(=O)c1cccc(N(C)C)c1. The molecule has 6 heteroatoms. The fraction of sp³-hybridized carbons (Fsp3) is 0.200. The van der Waals surface area contributed by atoms with Gasteiger partial charge in [0.25, 0.3) is 11.8 Å². The maximum atomic E-state index is 12.2. The van der Waals surface area contributed by atoms with Gasteiger partial charge in [-0.2, -0.15) is 0 Å². The third-order valence-corrected chi connectivity index (χ3v) is 3.72. The lowest BCUT2D eigenvalue weighted by Gasteiger charge is -2.13. The smallest absolute Gasteiger partial charge is 0.269 e. The minimum atomic E-state index is -0.439. The Morgan fingerprint density at radius 1 is 1.08 bits per heavy atom. The molecule has 0 atom stereocenters. The van der Waals surface area contributed by atoms with E-state index in [4.69, 9.17) is 4.74 Å². The quantitative estimate of drug-likeness (QED) is 0.640. The van der Waals surface area contributed by atoms with E-state index >= 15 is 0 Å². The van der Waals surface area contributed by atoms with Gasteiger partial charge in [0, 0.05) is 37.0 Å². The molecule has 26 heavy (non-hydrogen) atoms. The average Bonchev–Trinajstić information content (AvgIpc) is 2.64. The summed E-state index contributed by atoms with van der Waals surface area (Å²) in [5.74, 6) is -0.154. The van der Waals surface area contributed by atoms with E-state index in [9.17, 15) is 9.59 Å². The van der Waals surface area contributed by atoms with Crippen molar-refractivity contribution in [2.24, 2.45) is 0 Å². The first-order valence-electron chi connectivity index (χ1n) is 8.11. The van der Waals surface area contributed by atoms with E-state index < -0.39 is 5.91 Å². The molecule has 0 aliphatic heterocycles. The fourth-order valence-electron chi connectivity index (χ4n) is 2.31. The molecular weight excluding hydrogens is 330 g/mol. The number of methoxy groups -OCH3 is 1. The minimum Gasteiger partial charge on any atom is -0.496 e. The van der Waals surface area contributed by atoms with Crippen molar-refractivity contribution in [3.8, 4) is 5.75 Å². The molecule has 136 valence electrons. The first kappa shape index (κ1) is 19.1. The van der Waals surface area contributed by atoms with E-state index in [0.29, 0.717) is 11.3 Å². The summed E-state index contributed by atoms with van der Waals surface area (Å²) in [7, 11) is 5.36. The van der Waals surface area contributed by atoms with Crippen LogP contribution in [-0.2, 0) is 4.79 Å². The fourth-order valence-corrected chi connectivity index (χ4v) is 2.31. The van der Waals surface area contributed by atoms with E-state index in [1.54, 1.807) is 31.4 Å². The van der Waals surface area contributed by atoms with Crippen molar-refractivity contribution >= 4 is 23.6 Å². The molecule has 2 amide bonds. The molecular formula is C20H23N3O3. The van der Waals surface area contributed by atoms with E-state index in [1.807, 2.05) is 50.2 Å². The topological polar surface area (TPSA) is 70.7 Å². The molecule has 0 unspecified atom stereocenters. The van der Waals surface area contributed by atoms with Gasteiger partial charge in [-0.3, -0.25) is 20.4 Å². The normalized spacial score (nSPS) is 10.5. The van der Waals surface area contributed by atoms with Gasteiger partial charge in [-0.05, 0) is 43.3 Å². The Kier molecular flexibility index (Phi) is 6.38. The molecule has 2 aromatic carbocycles. The highest BCUT2D eigenvalue weighted by molar-refractivity contribution is 5.98. The van der Waals surface area contributed by atoms with Gasteiger partial charge in [-0.15, -0.1) is 0 Å². The van der Waals surface area contributed by atoms with Crippen LogP contribution in [0.3, 0.4) is 0 Å². The lowest BCUT2D eigenvalue weighted by molar-refractivity contribution is -0.117. The Morgan fingerprint density at radius 3 is 2.54 bits per heavy atom. The Morgan fingerprint density at radius 2 is 1.85 bits per heavy atom. The van der Waals surface area contributed by atoms with E-state index in [-0.39, 0.29) is 5.91 Å². The molecule has 0 bridgehead atoms. The molecule has 0 aliphatic carbocycles. The summed E-state index contributed by atoms with van der Waals surface area (Å²) in [6.07, 6.45) is 2.98. The second kappa shape index (κ2) is 8.71. The van der Waals surface area contributed by atoms with Crippen LogP contribution in [0.1, 0.15) is 21.5 Å². The second-order valence-corrected chi connectivity index (χ2v) is 5.97. The van der Waals surface area contributed by atoms with Crippen LogP contribution < -0.4 is 20.5 Å². The summed E-state index contributed by atoms with van der Waals surface area (Å²) in [5.41, 5.74) is 7.97. The molecule has 0 saturated carbocycles. The highest BCUT2D eigenvalue weighted by atomic mass is 16.5. The lowest BCUT2D eigenvalue weighted by Crippen LogP contribution is -2.40. The van der Waals surface area contributed by atoms with E-state index in [1.165, 1.54) is 6.08 Å². The number of anilines is 1. The Labute approximate surface area is 153 Å². The lowest BCUT2D eigenvalue weighted by atomic mass is 10.1. The number of ether oxygens (including phenoxy) is 1. The van der Waals surface area contributed by atoms with Gasteiger partial charge in [0.2, 0.25) is 0 Å². The number of carbonyl (C=O) groups excluding carboxylic acids is 2. The zero-order valence-corrected chi connectivity index (χ0v) is 15.4. The molecule has 2 rings (SSSR count). The van der Waals surface area contributed by atoms with Crippen molar-refractivity contribution in [2.75, 3.05) is 26.1 Å². The van der Waals surface area contributed by atoms with Gasteiger partial charge < -0.3 is 9.64 Å². The molecule has 0 spiro atoms. The van der Waals surface area contributed by atoms with Crippen LogP contribution in [0.15, 0.2) is 48.5 Å². The van der Waals surface area contributed by atoms with Crippen molar-refractivity contribution in [3.05, 3.63) is 65.2 Å². The van der Waals surface area contributed by atoms with Crippen LogP contribution in [0.25, 0.3) is 6.08 Å². The van der Waals surface area contributed by atoms with Crippen LogP contribution in [0.2, 0.25) is 0 Å². The van der Waals surface area contributed by atoms with Crippen LogP contribution in [0.4, 0.5) is 5.69 Å². The molecule has 2 N–H and O–H groups in total. The van der Waals surface area contributed by atoms with Crippen molar-refractivity contribution < 1.29 is 14.3 Å². The highest BCUT2D eigenvalue weighted by Crippen LogP contribution is 2.20. The monoisotopic (exact) mass is 353 g/mol. The van der Waals surface area contributed by atoms with E-state index in [0.717, 1.165) is 16.8 Å². The Balaban J connectivity index is 1.97. The van der Waals surface area contributed by atoms with Crippen LogP contribution >= 0.6 is 0 Å². The number of nitrogens with zero attached hydrogens (tertiary/aromatic N) is 1. The molecule has 0 heterocycles. The number of hydrogen-bond donors (Lipinski definition) is 2. The molecule has 0 aromatic heterocycles. The average molecular weight is 353 g/mol. The van der Waals surface area contributed by atoms with E-state index in [2.05, 4.69) is 10.9 Å². The zero-order chi connectivity index (χ0) is 19.1. The zero-order valence-electron chi connectivity index (χ0n) is 15.4. The van der Waals surface area contributed by atoms with Crippen LogP contribution in [-0.4, -0.2) is 33.0 Å². The van der Waals surface area contributed by atoms with Crippen molar-refractivity contribution in [1.82, 2.24) is 10.9 Å². The van der Waals surface area contributed by atoms with Crippen molar-refractivity contribution in [2.45, 2.75) is 6.92 Å². The van der Waals surface area contributed by atoms with Crippen LogP contribution in [0, 0.1) is 6.92 Å². The summed E-state index contributed by atoms with van der Waals surface area (Å²) < 4.78 is 5.26. The number of hydrogen-bond acceptors (Lipinski definition) is 4. The third kappa shape index (κ3) is 5.11. The number of nitrogens with one attached hydrogen (secondary N) is 2. The highest BCUT2D eigenvalue weighted by Gasteiger charge is 2.08. The number of amides is 2. The molecule has 2 aromatic rings. The summed E-state index contributed by atoms with van der Waals surface area (Å²) in [6, 6.07) is 12.8. The summed E-state index contributed by atoms with van der Waals surface area (Å²) >= 11 is 0.